The maximum atomic E-state index is 5.97. The zero-order valence-electron chi connectivity index (χ0n) is 15.3. The van der Waals surface area contributed by atoms with Gasteiger partial charge in [0, 0.05) is 38.8 Å². The van der Waals surface area contributed by atoms with Crippen LogP contribution in [0.1, 0.15) is 18.4 Å². The minimum Gasteiger partial charge on any atom is -0.493 e. The summed E-state index contributed by atoms with van der Waals surface area (Å²) in [5.41, 5.74) is 1.15. The number of guanidine groups is 1. The van der Waals surface area contributed by atoms with Crippen molar-refractivity contribution < 1.29 is 9.47 Å². The molecular weight excluding hydrogens is 316 g/mol. The normalized spacial score (nSPS) is 21.8. The van der Waals surface area contributed by atoms with E-state index in [4.69, 9.17) is 9.47 Å². The van der Waals surface area contributed by atoms with Gasteiger partial charge in [0.25, 0.3) is 0 Å². The van der Waals surface area contributed by atoms with Crippen LogP contribution < -0.4 is 15.4 Å². The first kappa shape index (κ1) is 18.0. The van der Waals surface area contributed by atoms with Gasteiger partial charge in [-0.25, -0.2) is 0 Å². The number of aliphatic imine (C=N–C) groups is 1. The van der Waals surface area contributed by atoms with E-state index in [0.29, 0.717) is 6.54 Å². The molecule has 1 aromatic carbocycles. The first-order valence-corrected chi connectivity index (χ1v) is 9.20. The Morgan fingerprint density at radius 1 is 1.32 bits per heavy atom. The predicted octanol–water partition coefficient (Wildman–Crippen LogP) is 1.47. The van der Waals surface area contributed by atoms with Crippen LogP contribution in [0.2, 0.25) is 0 Å². The van der Waals surface area contributed by atoms with Gasteiger partial charge in [0.1, 0.15) is 5.75 Å². The summed E-state index contributed by atoms with van der Waals surface area (Å²) in [6.45, 7) is 5.01. The quantitative estimate of drug-likeness (QED) is 0.578. The number of nitrogens with zero attached hydrogens (tertiary/aromatic N) is 2. The van der Waals surface area contributed by atoms with E-state index in [1.54, 1.807) is 7.05 Å². The fraction of sp³-hybridized carbons (Fsp3) is 0.632. The second kappa shape index (κ2) is 9.06. The van der Waals surface area contributed by atoms with E-state index in [-0.39, 0.29) is 6.10 Å². The van der Waals surface area contributed by atoms with Gasteiger partial charge in [0.15, 0.2) is 5.96 Å². The first-order chi connectivity index (χ1) is 12.2. The highest BCUT2D eigenvalue weighted by Crippen LogP contribution is 2.30. The summed E-state index contributed by atoms with van der Waals surface area (Å²) in [4.78, 5) is 6.60. The number of rotatable bonds is 7. The summed E-state index contributed by atoms with van der Waals surface area (Å²) in [5, 5.41) is 6.73. The maximum absolute atomic E-state index is 5.97. The average molecular weight is 346 g/mol. The van der Waals surface area contributed by atoms with Gasteiger partial charge in [-0.05, 0) is 31.9 Å². The molecule has 0 aromatic heterocycles. The SMILES string of the molecule is CN=C(NCc1ccccc1OCC1CC1)NCC1CN(C)CCO1. The molecule has 6 nitrogen and oxygen atoms in total. The minimum atomic E-state index is 0.200. The Labute approximate surface area is 150 Å². The summed E-state index contributed by atoms with van der Waals surface area (Å²) in [6, 6.07) is 8.21. The second-order valence-electron chi connectivity index (χ2n) is 6.92. The smallest absolute Gasteiger partial charge is 0.191 e. The topological polar surface area (TPSA) is 58.1 Å². The molecule has 1 saturated heterocycles. The Morgan fingerprint density at radius 2 is 2.16 bits per heavy atom. The third-order valence-corrected chi connectivity index (χ3v) is 4.65. The number of para-hydroxylation sites is 1. The second-order valence-corrected chi connectivity index (χ2v) is 6.92. The number of morpholine rings is 1. The molecule has 1 aliphatic carbocycles. The van der Waals surface area contributed by atoms with Gasteiger partial charge in [-0.1, -0.05) is 18.2 Å². The van der Waals surface area contributed by atoms with E-state index in [2.05, 4.69) is 33.6 Å². The van der Waals surface area contributed by atoms with E-state index in [0.717, 1.165) is 56.0 Å². The lowest BCUT2D eigenvalue weighted by molar-refractivity contribution is -0.0161. The lowest BCUT2D eigenvalue weighted by Crippen LogP contribution is -2.48. The molecule has 1 aliphatic heterocycles. The highest BCUT2D eigenvalue weighted by Gasteiger charge is 2.22. The largest absolute Gasteiger partial charge is 0.493 e. The van der Waals surface area contributed by atoms with Gasteiger partial charge >= 0.3 is 0 Å². The van der Waals surface area contributed by atoms with E-state index >= 15 is 0 Å². The minimum absolute atomic E-state index is 0.200. The Balaban J connectivity index is 1.45. The van der Waals surface area contributed by atoms with E-state index in [9.17, 15) is 0 Å². The van der Waals surface area contributed by atoms with Crippen LogP contribution in [0, 0.1) is 5.92 Å². The van der Waals surface area contributed by atoms with Crippen molar-refractivity contribution >= 4 is 5.96 Å². The molecule has 25 heavy (non-hydrogen) atoms. The number of benzene rings is 1. The molecule has 2 fully saturated rings. The van der Waals surface area contributed by atoms with Crippen LogP contribution in [0.4, 0.5) is 0 Å². The number of nitrogens with one attached hydrogen (secondary N) is 2. The van der Waals surface area contributed by atoms with Gasteiger partial charge < -0.3 is 25.0 Å². The van der Waals surface area contributed by atoms with Crippen molar-refractivity contribution in [3.63, 3.8) is 0 Å². The van der Waals surface area contributed by atoms with E-state index < -0.39 is 0 Å². The number of ether oxygens (including phenoxy) is 2. The van der Waals surface area contributed by atoms with Gasteiger partial charge in [0.05, 0.1) is 19.3 Å². The molecule has 138 valence electrons. The van der Waals surface area contributed by atoms with E-state index in [1.165, 1.54) is 12.8 Å². The van der Waals surface area contributed by atoms with Crippen molar-refractivity contribution in [3.8, 4) is 5.75 Å². The molecule has 2 N–H and O–H groups in total. The first-order valence-electron chi connectivity index (χ1n) is 9.20. The third kappa shape index (κ3) is 5.90. The van der Waals surface area contributed by atoms with Crippen molar-refractivity contribution in [3.05, 3.63) is 29.8 Å². The molecule has 0 amide bonds. The summed E-state index contributed by atoms with van der Waals surface area (Å²) in [5.74, 6) is 2.51. The predicted molar refractivity (Wildman–Crippen MR) is 100 cm³/mol. The van der Waals surface area contributed by atoms with Crippen LogP contribution in [-0.4, -0.2) is 63.9 Å². The maximum Gasteiger partial charge on any atom is 0.191 e. The van der Waals surface area contributed by atoms with E-state index in [1.807, 2.05) is 18.2 Å². The zero-order chi connectivity index (χ0) is 17.5. The lowest BCUT2D eigenvalue weighted by atomic mass is 10.2. The molecule has 2 aliphatic rings. The standard InChI is InChI=1S/C19H30N4O2/c1-20-19(22-12-17-13-23(2)9-10-24-17)21-11-16-5-3-4-6-18(16)25-14-15-7-8-15/h3-6,15,17H,7-14H2,1-2H3,(H2,20,21,22). The van der Waals surface area contributed by atoms with Gasteiger partial charge in [0.2, 0.25) is 0 Å². The summed E-state index contributed by atoms with van der Waals surface area (Å²) in [7, 11) is 3.92. The molecular formula is C19H30N4O2. The highest BCUT2D eigenvalue weighted by atomic mass is 16.5. The Bertz CT molecular complexity index is 574. The molecule has 1 unspecified atom stereocenters. The zero-order valence-corrected chi connectivity index (χ0v) is 15.3. The monoisotopic (exact) mass is 346 g/mol. The molecule has 0 spiro atoms. The van der Waals surface area contributed by atoms with Crippen LogP contribution in [0.3, 0.4) is 0 Å². The third-order valence-electron chi connectivity index (χ3n) is 4.65. The Morgan fingerprint density at radius 3 is 2.92 bits per heavy atom. The Kier molecular flexibility index (Phi) is 6.53. The fourth-order valence-electron chi connectivity index (χ4n) is 2.88. The van der Waals surface area contributed by atoms with Gasteiger partial charge in [-0.3, -0.25) is 4.99 Å². The van der Waals surface area contributed by atoms with Crippen molar-refractivity contribution in [2.45, 2.75) is 25.5 Å². The van der Waals surface area contributed by atoms with Gasteiger partial charge in [-0.2, -0.15) is 0 Å². The summed E-state index contributed by atoms with van der Waals surface area (Å²) < 4.78 is 11.7. The molecule has 1 saturated carbocycles. The fourth-order valence-corrected chi connectivity index (χ4v) is 2.88. The number of likely N-dealkylation sites (N-methyl/N-ethyl adjacent to an activating group) is 1. The highest BCUT2D eigenvalue weighted by molar-refractivity contribution is 5.79. The number of hydrogen-bond acceptors (Lipinski definition) is 4. The molecule has 3 rings (SSSR count). The summed E-state index contributed by atoms with van der Waals surface area (Å²) >= 11 is 0. The molecule has 6 heteroatoms. The molecule has 1 aromatic rings. The van der Waals surface area contributed by atoms with Crippen molar-refractivity contribution in [1.82, 2.24) is 15.5 Å². The van der Waals surface area contributed by atoms with Crippen LogP contribution in [0.5, 0.6) is 5.75 Å². The average Bonchev–Trinajstić information content (AvgIpc) is 3.45. The van der Waals surface area contributed by atoms with Crippen LogP contribution >= 0.6 is 0 Å². The molecule has 1 heterocycles. The number of hydrogen-bond donors (Lipinski definition) is 2. The lowest BCUT2D eigenvalue weighted by Gasteiger charge is -2.30. The van der Waals surface area contributed by atoms with Crippen LogP contribution in [0.15, 0.2) is 29.3 Å². The van der Waals surface area contributed by atoms with Crippen molar-refractivity contribution in [1.29, 1.82) is 0 Å². The molecule has 1 atom stereocenters. The van der Waals surface area contributed by atoms with Crippen molar-refractivity contribution in [2.75, 3.05) is 46.9 Å². The summed E-state index contributed by atoms with van der Waals surface area (Å²) in [6.07, 6.45) is 2.80. The van der Waals surface area contributed by atoms with Crippen LogP contribution in [0.25, 0.3) is 0 Å². The van der Waals surface area contributed by atoms with Crippen LogP contribution in [-0.2, 0) is 11.3 Å². The van der Waals surface area contributed by atoms with Gasteiger partial charge in [-0.15, -0.1) is 0 Å². The van der Waals surface area contributed by atoms with Crippen molar-refractivity contribution in [2.24, 2.45) is 10.9 Å². The Hall–Kier alpha value is -1.79. The molecule has 0 bridgehead atoms. The molecule has 0 radical (unpaired) electrons.